The molecule has 2 fully saturated rings. The number of ether oxygens (including phenoxy) is 1. The number of benzene rings is 1. The van der Waals surface area contributed by atoms with E-state index in [4.69, 9.17) is 4.74 Å². The van der Waals surface area contributed by atoms with E-state index in [1.165, 1.54) is 12.1 Å². The highest BCUT2D eigenvalue weighted by Gasteiger charge is 2.33. The van der Waals surface area contributed by atoms with Gasteiger partial charge in [0.15, 0.2) is 0 Å². The first-order valence-electron chi connectivity index (χ1n) is 8.11. The van der Waals surface area contributed by atoms with E-state index in [1.54, 1.807) is 0 Å². The molecule has 2 aliphatic heterocycles. The van der Waals surface area contributed by atoms with Crippen molar-refractivity contribution in [3.05, 3.63) is 29.8 Å². The number of rotatable bonds is 4. The van der Waals surface area contributed by atoms with E-state index < -0.39 is 11.7 Å². The Kier molecular flexibility index (Phi) is 5.75. The lowest BCUT2D eigenvalue weighted by molar-refractivity contribution is -0.137. The molecule has 9 heteroatoms. The number of alkyl halides is 3. The van der Waals surface area contributed by atoms with Crippen LogP contribution in [0.2, 0.25) is 0 Å². The van der Waals surface area contributed by atoms with Gasteiger partial charge in [0.25, 0.3) is 0 Å². The number of nitrogens with one attached hydrogen (secondary N) is 2. The van der Waals surface area contributed by atoms with E-state index in [9.17, 15) is 18.0 Å². The molecule has 138 valence electrons. The molecule has 3 rings (SSSR count). The van der Waals surface area contributed by atoms with Crippen LogP contribution in [0, 0.1) is 0 Å². The Morgan fingerprint density at radius 2 is 2.04 bits per heavy atom. The second-order valence-electron chi connectivity index (χ2n) is 6.05. The summed E-state index contributed by atoms with van der Waals surface area (Å²) in [5.41, 5.74) is 5.22. The quantitative estimate of drug-likeness (QED) is 0.842. The number of hydrazine groups is 1. The van der Waals surface area contributed by atoms with Gasteiger partial charge in [-0.15, -0.1) is 0 Å². The Balaban J connectivity index is 1.49. The third-order valence-electron chi connectivity index (χ3n) is 4.22. The second-order valence-corrected chi connectivity index (χ2v) is 7.27. The van der Waals surface area contributed by atoms with Crippen molar-refractivity contribution in [1.82, 2.24) is 15.8 Å². The largest absolute Gasteiger partial charge is 0.492 e. The number of hydrogen-bond acceptors (Lipinski definition) is 5. The maximum atomic E-state index is 12.7. The highest BCUT2D eigenvalue weighted by atomic mass is 32.2. The van der Waals surface area contributed by atoms with E-state index in [-0.39, 0.29) is 30.3 Å². The molecule has 1 aromatic carbocycles. The number of carbonyl (C=O) groups excluding carboxylic acids is 1. The van der Waals surface area contributed by atoms with Crippen molar-refractivity contribution in [2.45, 2.75) is 24.7 Å². The summed E-state index contributed by atoms with van der Waals surface area (Å²) in [6.45, 7) is 1.70. The fourth-order valence-electron chi connectivity index (χ4n) is 2.86. The maximum absolute atomic E-state index is 12.7. The Hall–Kier alpha value is -1.45. The molecule has 1 aromatic rings. The molecule has 2 N–H and O–H groups in total. The van der Waals surface area contributed by atoms with Crippen molar-refractivity contribution in [3.63, 3.8) is 0 Å². The van der Waals surface area contributed by atoms with Gasteiger partial charge >= 0.3 is 6.18 Å². The van der Waals surface area contributed by atoms with Crippen LogP contribution in [0.25, 0.3) is 0 Å². The topological polar surface area (TPSA) is 53.6 Å². The molecule has 0 saturated carbocycles. The van der Waals surface area contributed by atoms with Crippen LogP contribution < -0.4 is 15.6 Å². The summed E-state index contributed by atoms with van der Waals surface area (Å²) in [5, 5.41) is 0. The summed E-state index contributed by atoms with van der Waals surface area (Å²) >= 11 is 1.84. The van der Waals surface area contributed by atoms with Gasteiger partial charge in [-0.05, 0) is 24.6 Å². The van der Waals surface area contributed by atoms with Gasteiger partial charge < -0.3 is 9.64 Å². The Labute approximate surface area is 148 Å². The molecular formula is C16H20F3N3O2S. The fraction of sp³-hybridized carbons (Fsp3) is 0.562. The third kappa shape index (κ3) is 4.80. The van der Waals surface area contributed by atoms with Crippen LogP contribution in [0.1, 0.15) is 12.0 Å². The lowest BCUT2D eigenvalue weighted by atomic mass is 10.1. The molecule has 5 nitrogen and oxygen atoms in total. The van der Waals surface area contributed by atoms with Crippen LogP contribution in [0.5, 0.6) is 5.75 Å². The molecule has 0 bridgehead atoms. The predicted octanol–water partition coefficient (Wildman–Crippen LogP) is 1.89. The Morgan fingerprint density at radius 3 is 2.76 bits per heavy atom. The number of halogens is 3. The van der Waals surface area contributed by atoms with Crippen LogP contribution >= 0.6 is 11.8 Å². The van der Waals surface area contributed by atoms with Crippen LogP contribution in [-0.4, -0.2) is 54.1 Å². The van der Waals surface area contributed by atoms with Crippen molar-refractivity contribution in [2.75, 3.05) is 31.2 Å². The van der Waals surface area contributed by atoms with Gasteiger partial charge in [-0.25, -0.2) is 5.43 Å². The zero-order valence-electron chi connectivity index (χ0n) is 13.5. The summed E-state index contributed by atoms with van der Waals surface area (Å²) in [5.74, 6) is 2.14. The molecular weight excluding hydrogens is 355 g/mol. The number of nitrogens with zero attached hydrogens (tertiary/aromatic N) is 1. The molecule has 1 amide bonds. The first-order valence-corrected chi connectivity index (χ1v) is 9.26. The number of hydrogen-bond donors (Lipinski definition) is 2. The minimum Gasteiger partial charge on any atom is -0.492 e. The minimum atomic E-state index is -4.39. The van der Waals surface area contributed by atoms with Crippen molar-refractivity contribution in [1.29, 1.82) is 0 Å². The molecule has 2 aliphatic rings. The van der Waals surface area contributed by atoms with Crippen molar-refractivity contribution in [2.24, 2.45) is 0 Å². The third-order valence-corrected chi connectivity index (χ3v) is 5.16. The zero-order chi connectivity index (χ0) is 17.9. The van der Waals surface area contributed by atoms with Gasteiger partial charge in [0.2, 0.25) is 5.91 Å². The predicted molar refractivity (Wildman–Crippen MR) is 89.3 cm³/mol. The summed E-state index contributed by atoms with van der Waals surface area (Å²) in [4.78, 5) is 14.3. The summed E-state index contributed by atoms with van der Waals surface area (Å²) in [6, 6.07) is 4.34. The number of thioether (sulfide) groups is 1. The van der Waals surface area contributed by atoms with E-state index in [2.05, 4.69) is 10.9 Å². The summed E-state index contributed by atoms with van der Waals surface area (Å²) in [7, 11) is 0. The SMILES string of the molecule is O=C(C1CC(COc2cccc(C(F)(F)F)c2)NN1)N1CCSCC1. The molecule has 0 spiro atoms. The Morgan fingerprint density at radius 1 is 1.28 bits per heavy atom. The van der Waals surface area contributed by atoms with Crippen molar-refractivity contribution >= 4 is 17.7 Å². The van der Waals surface area contributed by atoms with Crippen LogP contribution in [0.15, 0.2) is 24.3 Å². The molecule has 0 aliphatic carbocycles. The van der Waals surface area contributed by atoms with Gasteiger partial charge in [-0.2, -0.15) is 24.9 Å². The average Bonchev–Trinajstić information content (AvgIpc) is 3.08. The molecule has 2 heterocycles. The second kappa shape index (κ2) is 7.84. The summed E-state index contributed by atoms with van der Waals surface area (Å²) < 4.78 is 43.6. The molecule has 2 saturated heterocycles. The van der Waals surface area contributed by atoms with Gasteiger partial charge in [0, 0.05) is 24.6 Å². The van der Waals surface area contributed by atoms with E-state index >= 15 is 0 Å². The summed E-state index contributed by atoms with van der Waals surface area (Å²) in [6.07, 6.45) is -3.85. The Bertz CT molecular complexity index is 609. The number of amides is 1. The molecule has 2 unspecified atom stereocenters. The smallest absolute Gasteiger partial charge is 0.416 e. The minimum absolute atomic E-state index is 0.0642. The maximum Gasteiger partial charge on any atom is 0.416 e. The standard InChI is InChI=1S/C16H20F3N3O2S/c17-16(18,19)11-2-1-3-13(8-11)24-10-12-9-14(21-20-12)15(23)22-4-6-25-7-5-22/h1-3,8,12,14,20-21H,4-7,9-10H2. The van der Waals surface area contributed by atoms with Crippen LogP contribution in [-0.2, 0) is 11.0 Å². The van der Waals surface area contributed by atoms with Crippen LogP contribution in [0.3, 0.4) is 0 Å². The zero-order valence-corrected chi connectivity index (χ0v) is 14.3. The van der Waals surface area contributed by atoms with E-state index in [0.29, 0.717) is 6.42 Å². The molecule has 2 atom stereocenters. The molecule has 0 radical (unpaired) electrons. The van der Waals surface area contributed by atoms with Gasteiger partial charge in [0.1, 0.15) is 18.4 Å². The van der Waals surface area contributed by atoms with Gasteiger partial charge in [-0.1, -0.05) is 6.07 Å². The van der Waals surface area contributed by atoms with Crippen LogP contribution in [0.4, 0.5) is 13.2 Å². The lowest BCUT2D eigenvalue weighted by Gasteiger charge is -2.28. The average molecular weight is 375 g/mol. The molecule has 0 aromatic heterocycles. The normalized spacial score (nSPS) is 24.4. The highest BCUT2D eigenvalue weighted by Crippen LogP contribution is 2.31. The number of carbonyl (C=O) groups is 1. The first-order chi connectivity index (χ1) is 11.9. The first kappa shape index (κ1) is 18.3. The van der Waals surface area contributed by atoms with Crippen molar-refractivity contribution in [3.8, 4) is 5.75 Å². The van der Waals surface area contributed by atoms with Gasteiger partial charge in [-0.3, -0.25) is 10.2 Å². The van der Waals surface area contributed by atoms with Gasteiger partial charge in [0.05, 0.1) is 11.6 Å². The van der Waals surface area contributed by atoms with Crippen molar-refractivity contribution < 1.29 is 22.7 Å². The highest BCUT2D eigenvalue weighted by molar-refractivity contribution is 7.99. The van der Waals surface area contributed by atoms with E-state index in [0.717, 1.165) is 36.7 Å². The van der Waals surface area contributed by atoms with E-state index in [1.807, 2.05) is 16.7 Å². The molecule has 25 heavy (non-hydrogen) atoms. The monoisotopic (exact) mass is 375 g/mol. The lowest BCUT2D eigenvalue weighted by Crippen LogP contribution is -2.48. The fourth-order valence-corrected chi connectivity index (χ4v) is 3.76.